The second kappa shape index (κ2) is 9.10. The first kappa shape index (κ1) is 23.3. The standard InChI is InChI=1S/C27H31F2N5O2/c1-16-11-17(7-10-28)20-12-18(3-4-22(20)30-16)23-21(29)13-34-24(23)25(35-2)32-26(33-34)31-19-5-8-27(9-6-19)14-36-15-27/h3-4,12-13,17,19H,5-11,14-15H2,1-2H3,(H,31,33). The van der Waals surface area contributed by atoms with Gasteiger partial charge in [0, 0.05) is 17.2 Å². The molecule has 2 fully saturated rings. The number of halogens is 2. The third-order valence-corrected chi connectivity index (χ3v) is 8.01. The van der Waals surface area contributed by atoms with Crippen molar-refractivity contribution in [2.75, 3.05) is 32.3 Å². The highest BCUT2D eigenvalue weighted by Crippen LogP contribution is 2.44. The van der Waals surface area contributed by atoms with Gasteiger partial charge in [-0.1, -0.05) is 6.07 Å². The molecule has 6 rings (SSSR count). The Bertz CT molecular complexity index is 1320. The molecular formula is C27H31F2N5O2. The van der Waals surface area contributed by atoms with Crippen LogP contribution in [0, 0.1) is 11.2 Å². The van der Waals surface area contributed by atoms with E-state index in [-0.39, 0.29) is 12.0 Å². The van der Waals surface area contributed by atoms with E-state index in [1.165, 1.54) is 17.8 Å². The molecule has 1 saturated carbocycles. The molecule has 1 N–H and O–H groups in total. The summed E-state index contributed by atoms with van der Waals surface area (Å²) in [5.41, 5.74) is 4.63. The third-order valence-electron chi connectivity index (χ3n) is 8.01. The van der Waals surface area contributed by atoms with Crippen molar-refractivity contribution in [3.63, 3.8) is 0 Å². The van der Waals surface area contributed by atoms with Crippen molar-refractivity contribution in [3.05, 3.63) is 35.8 Å². The van der Waals surface area contributed by atoms with Gasteiger partial charge >= 0.3 is 0 Å². The van der Waals surface area contributed by atoms with Crippen molar-refractivity contribution in [3.8, 4) is 17.0 Å². The quantitative estimate of drug-likeness (QED) is 0.464. The molecule has 1 saturated heterocycles. The lowest BCUT2D eigenvalue weighted by Crippen LogP contribution is -2.47. The Morgan fingerprint density at radius 3 is 2.75 bits per heavy atom. The third kappa shape index (κ3) is 4.03. The van der Waals surface area contributed by atoms with Crippen LogP contribution in [-0.4, -0.2) is 53.3 Å². The summed E-state index contributed by atoms with van der Waals surface area (Å²) >= 11 is 0. The molecular weight excluding hydrogens is 464 g/mol. The fourth-order valence-corrected chi connectivity index (χ4v) is 5.98. The van der Waals surface area contributed by atoms with Gasteiger partial charge in [0.2, 0.25) is 11.8 Å². The van der Waals surface area contributed by atoms with E-state index in [4.69, 9.17) is 9.47 Å². The number of rotatable bonds is 6. The number of fused-ring (bicyclic) bond motifs is 2. The van der Waals surface area contributed by atoms with Crippen LogP contribution in [0.5, 0.6) is 5.88 Å². The van der Waals surface area contributed by atoms with Crippen LogP contribution >= 0.6 is 0 Å². The first-order chi connectivity index (χ1) is 17.5. The van der Waals surface area contributed by atoms with E-state index >= 15 is 4.39 Å². The summed E-state index contributed by atoms with van der Waals surface area (Å²) in [7, 11) is 1.53. The lowest BCUT2D eigenvalue weighted by molar-refractivity contribution is -0.131. The number of aromatic nitrogens is 3. The van der Waals surface area contributed by atoms with Crippen molar-refractivity contribution in [1.29, 1.82) is 0 Å². The maximum absolute atomic E-state index is 15.4. The van der Waals surface area contributed by atoms with Crippen molar-refractivity contribution in [2.45, 2.75) is 57.4 Å². The molecule has 36 heavy (non-hydrogen) atoms. The van der Waals surface area contributed by atoms with Gasteiger partial charge < -0.3 is 14.8 Å². The summed E-state index contributed by atoms with van der Waals surface area (Å²) < 4.78 is 41.2. The molecule has 1 unspecified atom stereocenters. The number of aliphatic imine (C=N–C) groups is 1. The fraction of sp³-hybridized carbons (Fsp3) is 0.519. The number of alkyl halides is 1. The molecule has 1 aliphatic carbocycles. The van der Waals surface area contributed by atoms with Crippen LogP contribution in [0.1, 0.15) is 56.9 Å². The van der Waals surface area contributed by atoms with Crippen molar-refractivity contribution in [2.24, 2.45) is 10.4 Å². The highest BCUT2D eigenvalue weighted by Gasteiger charge is 2.41. The maximum atomic E-state index is 15.4. The van der Waals surface area contributed by atoms with Crippen molar-refractivity contribution in [1.82, 2.24) is 14.6 Å². The Morgan fingerprint density at radius 1 is 1.25 bits per heavy atom. The SMILES string of the molecule is COc1nc(NC2CCC3(CC2)COC3)nn2cc(F)c(-c3ccc4c(c3)C(CCF)CC(C)=N4)c12. The van der Waals surface area contributed by atoms with Crippen molar-refractivity contribution >= 4 is 22.9 Å². The van der Waals surface area contributed by atoms with Crippen LogP contribution in [0.4, 0.5) is 20.4 Å². The highest BCUT2D eigenvalue weighted by molar-refractivity contribution is 5.90. The molecule has 190 valence electrons. The van der Waals surface area contributed by atoms with Crippen LogP contribution < -0.4 is 10.1 Å². The van der Waals surface area contributed by atoms with Gasteiger partial charge in [0.05, 0.1) is 44.4 Å². The Balaban J connectivity index is 1.34. The molecule has 3 aliphatic rings. The van der Waals surface area contributed by atoms with E-state index in [1.807, 2.05) is 25.1 Å². The van der Waals surface area contributed by atoms with Crippen LogP contribution in [0.15, 0.2) is 29.4 Å². The fourth-order valence-electron chi connectivity index (χ4n) is 5.98. The zero-order valence-corrected chi connectivity index (χ0v) is 20.7. The van der Waals surface area contributed by atoms with Gasteiger partial charge in [0.1, 0.15) is 5.52 Å². The van der Waals surface area contributed by atoms with Gasteiger partial charge in [-0.15, -0.1) is 5.10 Å². The number of benzene rings is 1. The van der Waals surface area contributed by atoms with Gasteiger partial charge in [0.15, 0.2) is 5.82 Å². The summed E-state index contributed by atoms with van der Waals surface area (Å²) in [4.78, 5) is 9.23. The van der Waals surface area contributed by atoms with E-state index in [2.05, 4.69) is 20.4 Å². The smallest absolute Gasteiger partial charge is 0.244 e. The average Bonchev–Trinajstić information content (AvgIpc) is 3.18. The summed E-state index contributed by atoms with van der Waals surface area (Å²) in [6.45, 7) is 3.29. The zero-order valence-electron chi connectivity index (χ0n) is 20.7. The lowest BCUT2D eigenvalue weighted by atomic mass is 9.71. The second-order valence-corrected chi connectivity index (χ2v) is 10.5. The molecule has 1 spiro atoms. The monoisotopic (exact) mass is 495 g/mol. The van der Waals surface area contributed by atoms with E-state index in [0.29, 0.717) is 46.7 Å². The summed E-state index contributed by atoms with van der Waals surface area (Å²) in [5.74, 6) is 0.333. The maximum Gasteiger partial charge on any atom is 0.244 e. The number of hydrogen-bond donors (Lipinski definition) is 1. The number of ether oxygens (including phenoxy) is 2. The van der Waals surface area contributed by atoms with Gasteiger partial charge in [-0.25, -0.2) is 8.91 Å². The van der Waals surface area contributed by atoms with E-state index in [0.717, 1.165) is 55.9 Å². The van der Waals surface area contributed by atoms with Crippen molar-refractivity contribution < 1.29 is 18.3 Å². The number of nitrogens with zero attached hydrogens (tertiary/aromatic N) is 4. The van der Waals surface area contributed by atoms with E-state index < -0.39 is 12.5 Å². The van der Waals surface area contributed by atoms with Gasteiger partial charge in [-0.05, 0) is 74.6 Å². The molecule has 9 heteroatoms. The molecule has 3 aromatic rings. The molecule has 4 heterocycles. The largest absolute Gasteiger partial charge is 0.479 e. The number of nitrogens with one attached hydrogen (secondary N) is 1. The number of anilines is 1. The summed E-state index contributed by atoms with van der Waals surface area (Å²) in [6.07, 6.45) is 6.78. The second-order valence-electron chi connectivity index (χ2n) is 10.5. The Kier molecular flexibility index (Phi) is 5.90. The van der Waals surface area contributed by atoms with E-state index in [1.54, 1.807) is 0 Å². The van der Waals surface area contributed by atoms with Gasteiger partial charge in [0.25, 0.3) is 0 Å². The molecule has 2 aromatic heterocycles. The lowest BCUT2D eigenvalue weighted by Gasteiger charge is -2.46. The number of hydrogen-bond acceptors (Lipinski definition) is 6. The summed E-state index contributed by atoms with van der Waals surface area (Å²) in [5, 5.41) is 8.01. The Labute approximate surface area is 208 Å². The first-order valence-corrected chi connectivity index (χ1v) is 12.7. The summed E-state index contributed by atoms with van der Waals surface area (Å²) in [6, 6.07) is 5.92. The average molecular weight is 496 g/mol. The minimum Gasteiger partial charge on any atom is -0.479 e. The normalized spacial score (nSPS) is 21.2. The van der Waals surface area contributed by atoms with E-state index in [9.17, 15) is 4.39 Å². The minimum atomic E-state index is -0.415. The zero-order chi connectivity index (χ0) is 24.9. The van der Waals surface area contributed by atoms with Crippen LogP contribution in [0.2, 0.25) is 0 Å². The molecule has 1 atom stereocenters. The van der Waals surface area contributed by atoms with Crippen LogP contribution in [-0.2, 0) is 4.74 Å². The molecule has 7 nitrogen and oxygen atoms in total. The molecule has 0 bridgehead atoms. The Morgan fingerprint density at radius 2 is 2.06 bits per heavy atom. The predicted molar refractivity (Wildman–Crippen MR) is 135 cm³/mol. The predicted octanol–water partition coefficient (Wildman–Crippen LogP) is 5.85. The molecule has 0 radical (unpaired) electrons. The Hall–Kier alpha value is -3.07. The first-order valence-electron chi connectivity index (χ1n) is 12.7. The molecule has 0 amide bonds. The topological polar surface area (TPSA) is 73.0 Å². The van der Waals surface area contributed by atoms with Gasteiger partial charge in [-0.3, -0.25) is 9.38 Å². The molecule has 2 aliphatic heterocycles. The van der Waals surface area contributed by atoms with Gasteiger partial charge in [-0.2, -0.15) is 4.98 Å². The highest BCUT2D eigenvalue weighted by atomic mass is 19.1. The number of methoxy groups -OCH3 is 1. The van der Waals surface area contributed by atoms with Crippen LogP contribution in [0.3, 0.4) is 0 Å². The molecule has 1 aromatic carbocycles. The minimum absolute atomic E-state index is 0.0227. The van der Waals surface area contributed by atoms with Crippen LogP contribution in [0.25, 0.3) is 16.6 Å².